The zero-order valence-corrected chi connectivity index (χ0v) is 9.72. The van der Waals surface area contributed by atoms with Gasteiger partial charge in [0.1, 0.15) is 11.7 Å². The number of carbonyl (C=O) groups is 3. The smallest absolute Gasteiger partial charge is 0.277 e. The number of halogens is 1. The van der Waals surface area contributed by atoms with Crippen molar-refractivity contribution in [2.45, 2.75) is 5.92 Å². The van der Waals surface area contributed by atoms with Crippen LogP contribution in [0.5, 0.6) is 0 Å². The maximum absolute atomic E-state index is 12.8. The Kier molecular flexibility index (Phi) is 3.29. The molecule has 19 heavy (non-hydrogen) atoms. The van der Waals surface area contributed by atoms with E-state index in [1.165, 1.54) is 12.1 Å². The molecular weight excluding hydrogens is 251 g/mol. The second-order valence-corrected chi connectivity index (χ2v) is 3.91. The second-order valence-electron chi connectivity index (χ2n) is 3.91. The summed E-state index contributed by atoms with van der Waals surface area (Å²) in [6, 6.07) is 4.07. The fourth-order valence-corrected chi connectivity index (χ4v) is 1.80. The first-order valence-corrected chi connectivity index (χ1v) is 5.39. The highest BCUT2D eigenvalue weighted by molar-refractivity contribution is 6.19. The van der Waals surface area contributed by atoms with Gasteiger partial charge in [-0.1, -0.05) is 18.1 Å². The first-order chi connectivity index (χ1) is 9.04. The van der Waals surface area contributed by atoms with Crippen LogP contribution in [0, 0.1) is 18.2 Å². The van der Waals surface area contributed by atoms with E-state index in [0.29, 0.717) is 5.56 Å². The molecule has 0 saturated carbocycles. The zero-order chi connectivity index (χ0) is 14.0. The summed E-state index contributed by atoms with van der Waals surface area (Å²) >= 11 is 0. The summed E-state index contributed by atoms with van der Waals surface area (Å²) in [6.07, 6.45) is 5.06. The van der Waals surface area contributed by atoms with Gasteiger partial charge < -0.3 is 0 Å². The third kappa shape index (κ3) is 2.31. The lowest BCUT2D eigenvalue weighted by atomic mass is 9.95. The van der Waals surface area contributed by atoms with Gasteiger partial charge in [0.2, 0.25) is 11.8 Å². The van der Waals surface area contributed by atoms with Crippen LogP contribution in [0.15, 0.2) is 24.3 Å². The largest absolute Gasteiger partial charge is 0.331 e. The summed E-state index contributed by atoms with van der Waals surface area (Å²) in [5.41, 5.74) is 0.304. The lowest BCUT2D eigenvalue weighted by Crippen LogP contribution is -2.56. The lowest BCUT2D eigenvalue weighted by Gasteiger charge is -2.28. The number of nitrogens with one attached hydrogen (secondary N) is 1. The van der Waals surface area contributed by atoms with Crippen LogP contribution in [0.25, 0.3) is 0 Å². The number of terminal acetylenes is 1. The topological polar surface area (TPSA) is 66.5 Å². The van der Waals surface area contributed by atoms with Gasteiger partial charge in [-0.2, -0.15) is 0 Å². The number of amides is 4. The molecule has 1 aliphatic heterocycles. The summed E-state index contributed by atoms with van der Waals surface area (Å²) < 4.78 is 12.8. The number of benzene rings is 1. The first-order valence-electron chi connectivity index (χ1n) is 5.39. The maximum atomic E-state index is 12.8. The zero-order valence-electron chi connectivity index (χ0n) is 9.72. The van der Waals surface area contributed by atoms with Gasteiger partial charge in [0.25, 0.3) is 0 Å². The quantitative estimate of drug-likeness (QED) is 0.626. The molecule has 96 valence electrons. The summed E-state index contributed by atoms with van der Waals surface area (Å²) in [7, 11) is 0. The monoisotopic (exact) mass is 260 g/mol. The molecule has 1 aromatic rings. The van der Waals surface area contributed by atoms with Crippen LogP contribution in [-0.4, -0.2) is 29.3 Å². The third-order valence-corrected chi connectivity index (χ3v) is 2.70. The molecule has 0 aliphatic carbocycles. The van der Waals surface area contributed by atoms with E-state index in [4.69, 9.17) is 6.42 Å². The minimum atomic E-state index is -1.19. The predicted molar refractivity (Wildman–Crippen MR) is 63.2 cm³/mol. The number of urea groups is 1. The number of barbiturate groups is 1. The number of nitrogens with zero attached hydrogens (tertiary/aromatic N) is 1. The van der Waals surface area contributed by atoms with Crippen molar-refractivity contribution in [2.75, 3.05) is 6.54 Å². The van der Waals surface area contributed by atoms with Crippen LogP contribution in [0.2, 0.25) is 0 Å². The van der Waals surface area contributed by atoms with Crippen LogP contribution in [0.1, 0.15) is 11.5 Å². The van der Waals surface area contributed by atoms with Crippen molar-refractivity contribution in [3.05, 3.63) is 35.6 Å². The van der Waals surface area contributed by atoms with Gasteiger partial charge in [-0.05, 0) is 17.7 Å². The Labute approximate surface area is 108 Å². The Hall–Kier alpha value is -2.68. The molecule has 0 bridgehead atoms. The number of rotatable bonds is 2. The fourth-order valence-electron chi connectivity index (χ4n) is 1.80. The van der Waals surface area contributed by atoms with E-state index in [2.05, 4.69) is 5.92 Å². The van der Waals surface area contributed by atoms with Crippen LogP contribution in [0.3, 0.4) is 0 Å². The van der Waals surface area contributed by atoms with E-state index < -0.39 is 29.6 Å². The van der Waals surface area contributed by atoms with Crippen LogP contribution in [-0.2, 0) is 9.59 Å². The molecule has 5 nitrogen and oxygen atoms in total. The van der Waals surface area contributed by atoms with Gasteiger partial charge in [0, 0.05) is 0 Å². The first kappa shape index (κ1) is 12.8. The van der Waals surface area contributed by atoms with Gasteiger partial charge in [0.05, 0.1) is 6.54 Å². The molecular formula is C13H9FN2O3. The van der Waals surface area contributed by atoms with Crippen molar-refractivity contribution in [2.24, 2.45) is 0 Å². The highest BCUT2D eigenvalue weighted by Crippen LogP contribution is 2.22. The Balaban J connectivity index is 2.36. The van der Waals surface area contributed by atoms with Gasteiger partial charge in [-0.3, -0.25) is 19.8 Å². The van der Waals surface area contributed by atoms with Crippen molar-refractivity contribution in [1.29, 1.82) is 0 Å². The molecule has 1 aromatic carbocycles. The molecule has 0 aromatic heterocycles. The summed E-state index contributed by atoms with van der Waals surface area (Å²) in [5, 5.41) is 2.05. The average Bonchev–Trinajstić information content (AvgIpc) is 2.36. The lowest BCUT2D eigenvalue weighted by molar-refractivity contribution is -0.138. The van der Waals surface area contributed by atoms with E-state index in [9.17, 15) is 18.8 Å². The highest BCUT2D eigenvalue weighted by atomic mass is 19.1. The van der Waals surface area contributed by atoms with Gasteiger partial charge >= 0.3 is 6.03 Å². The molecule has 0 spiro atoms. The van der Waals surface area contributed by atoms with Gasteiger partial charge in [0.15, 0.2) is 0 Å². The van der Waals surface area contributed by atoms with Gasteiger partial charge in [-0.25, -0.2) is 9.18 Å². The van der Waals surface area contributed by atoms with Crippen LogP contribution >= 0.6 is 0 Å². The maximum Gasteiger partial charge on any atom is 0.331 e. The Morgan fingerprint density at radius 3 is 2.47 bits per heavy atom. The standard InChI is InChI=1S/C13H9FN2O3/c1-2-7-16-12(18)10(11(17)15-13(16)19)8-3-5-9(14)6-4-8/h1,3-6,10H,7H2,(H,15,17,19). The molecule has 0 radical (unpaired) electrons. The van der Waals surface area contributed by atoms with E-state index in [1.54, 1.807) is 0 Å². The number of imide groups is 2. The molecule has 4 amide bonds. The van der Waals surface area contributed by atoms with Crippen molar-refractivity contribution < 1.29 is 18.8 Å². The SMILES string of the molecule is C#CCN1C(=O)NC(=O)C(c2ccc(F)cc2)C1=O. The minimum absolute atomic E-state index is 0.227. The van der Waals surface area contributed by atoms with E-state index >= 15 is 0 Å². The Bertz CT molecular complexity index is 589. The molecule has 1 saturated heterocycles. The molecule has 1 heterocycles. The van der Waals surface area contributed by atoms with E-state index in [-0.39, 0.29) is 6.54 Å². The molecule has 1 unspecified atom stereocenters. The van der Waals surface area contributed by atoms with Crippen LogP contribution < -0.4 is 5.32 Å². The van der Waals surface area contributed by atoms with Gasteiger partial charge in [-0.15, -0.1) is 6.42 Å². The van der Waals surface area contributed by atoms with E-state index in [0.717, 1.165) is 17.0 Å². The molecule has 1 aliphatic rings. The Morgan fingerprint density at radius 1 is 1.26 bits per heavy atom. The normalized spacial score (nSPS) is 19.1. The minimum Gasteiger partial charge on any atom is -0.277 e. The molecule has 6 heteroatoms. The summed E-state index contributed by atoms with van der Waals surface area (Å²) in [6.45, 7) is -0.227. The predicted octanol–water partition coefficient (Wildman–Crippen LogP) is 0.621. The number of hydrogen-bond donors (Lipinski definition) is 1. The van der Waals surface area contributed by atoms with Crippen molar-refractivity contribution in [1.82, 2.24) is 10.2 Å². The van der Waals surface area contributed by atoms with Crippen molar-refractivity contribution >= 4 is 17.8 Å². The van der Waals surface area contributed by atoms with Crippen molar-refractivity contribution in [3.63, 3.8) is 0 Å². The number of carbonyl (C=O) groups excluding carboxylic acids is 3. The number of hydrogen-bond acceptors (Lipinski definition) is 3. The molecule has 2 rings (SSSR count). The summed E-state index contributed by atoms with van der Waals surface area (Å²) in [5.74, 6) is -0.954. The second kappa shape index (κ2) is 4.90. The summed E-state index contributed by atoms with van der Waals surface area (Å²) in [4.78, 5) is 36.0. The molecule has 1 atom stereocenters. The van der Waals surface area contributed by atoms with Crippen LogP contribution in [0.4, 0.5) is 9.18 Å². The fraction of sp³-hybridized carbons (Fsp3) is 0.154. The van der Waals surface area contributed by atoms with E-state index in [1.807, 2.05) is 5.32 Å². The Morgan fingerprint density at radius 2 is 1.89 bits per heavy atom. The molecule has 1 N–H and O–H groups in total. The third-order valence-electron chi connectivity index (χ3n) is 2.70. The average molecular weight is 260 g/mol. The highest BCUT2D eigenvalue weighted by Gasteiger charge is 2.40. The van der Waals surface area contributed by atoms with Crippen molar-refractivity contribution in [3.8, 4) is 12.3 Å². The molecule has 1 fully saturated rings.